The molecular formula is C12H12F2N2O3. The van der Waals surface area contributed by atoms with Gasteiger partial charge in [0.25, 0.3) is 0 Å². The number of benzene rings is 1. The van der Waals surface area contributed by atoms with Gasteiger partial charge in [-0.05, 0) is 31.4 Å². The van der Waals surface area contributed by atoms with Crippen LogP contribution in [-0.2, 0) is 4.79 Å². The zero-order valence-electron chi connectivity index (χ0n) is 9.87. The molecule has 1 aromatic rings. The highest BCUT2D eigenvalue weighted by Gasteiger charge is 2.45. The van der Waals surface area contributed by atoms with E-state index in [9.17, 15) is 18.4 Å². The van der Waals surface area contributed by atoms with Crippen LogP contribution in [0.15, 0.2) is 18.2 Å². The molecule has 1 aliphatic carbocycles. The van der Waals surface area contributed by atoms with Crippen LogP contribution >= 0.6 is 0 Å². The molecule has 1 aliphatic rings. The summed E-state index contributed by atoms with van der Waals surface area (Å²) in [6.45, 7) is 0. The van der Waals surface area contributed by atoms with Crippen molar-refractivity contribution in [3.8, 4) is 0 Å². The summed E-state index contributed by atoms with van der Waals surface area (Å²) in [5, 5.41) is 13.6. The smallest absolute Gasteiger partial charge is 0.329 e. The van der Waals surface area contributed by atoms with Gasteiger partial charge in [0.1, 0.15) is 17.2 Å². The van der Waals surface area contributed by atoms with Crippen LogP contribution in [0.2, 0.25) is 0 Å². The van der Waals surface area contributed by atoms with Crippen molar-refractivity contribution < 1.29 is 23.5 Å². The first-order chi connectivity index (χ1) is 8.91. The van der Waals surface area contributed by atoms with Gasteiger partial charge in [0.15, 0.2) is 0 Å². The van der Waals surface area contributed by atoms with E-state index in [4.69, 9.17) is 5.11 Å². The molecule has 0 radical (unpaired) electrons. The van der Waals surface area contributed by atoms with E-state index in [1.54, 1.807) is 0 Å². The number of amides is 2. The van der Waals surface area contributed by atoms with Gasteiger partial charge in [0.05, 0.1) is 0 Å². The third kappa shape index (κ3) is 2.81. The highest BCUT2D eigenvalue weighted by atomic mass is 19.1. The number of hydrogen-bond donors (Lipinski definition) is 3. The van der Waals surface area contributed by atoms with Crippen molar-refractivity contribution in [3.05, 3.63) is 29.8 Å². The molecule has 0 bridgehead atoms. The maximum Gasteiger partial charge on any atom is 0.329 e. The molecule has 2 amide bonds. The third-order valence-corrected chi connectivity index (χ3v) is 3.09. The van der Waals surface area contributed by atoms with E-state index in [0.29, 0.717) is 25.3 Å². The second-order valence-corrected chi connectivity index (χ2v) is 4.48. The molecule has 102 valence electrons. The Balaban J connectivity index is 2.03. The Bertz CT molecular complexity index is 509. The van der Waals surface area contributed by atoms with Crippen LogP contribution in [0.5, 0.6) is 0 Å². The van der Waals surface area contributed by atoms with Crippen LogP contribution < -0.4 is 10.6 Å². The van der Waals surface area contributed by atoms with Gasteiger partial charge in [-0.3, -0.25) is 0 Å². The molecule has 1 fully saturated rings. The summed E-state index contributed by atoms with van der Waals surface area (Å²) in [6.07, 6.45) is 1.39. The number of nitrogens with one attached hydrogen (secondary N) is 2. The lowest BCUT2D eigenvalue weighted by atomic mass is 9.77. The van der Waals surface area contributed by atoms with Gasteiger partial charge in [0.2, 0.25) is 0 Å². The fourth-order valence-corrected chi connectivity index (χ4v) is 1.93. The predicted molar refractivity (Wildman–Crippen MR) is 62.7 cm³/mol. The minimum Gasteiger partial charge on any atom is -0.480 e. The number of carboxylic acids is 1. The van der Waals surface area contributed by atoms with E-state index in [1.165, 1.54) is 0 Å². The fourth-order valence-electron chi connectivity index (χ4n) is 1.93. The van der Waals surface area contributed by atoms with Crippen molar-refractivity contribution in [3.63, 3.8) is 0 Å². The molecule has 0 heterocycles. The van der Waals surface area contributed by atoms with E-state index in [0.717, 1.165) is 12.1 Å². The zero-order chi connectivity index (χ0) is 14.0. The van der Waals surface area contributed by atoms with E-state index in [-0.39, 0.29) is 5.69 Å². The topological polar surface area (TPSA) is 78.4 Å². The third-order valence-electron chi connectivity index (χ3n) is 3.09. The van der Waals surface area contributed by atoms with Crippen molar-refractivity contribution in [2.75, 3.05) is 5.32 Å². The molecule has 2 rings (SSSR count). The van der Waals surface area contributed by atoms with Crippen molar-refractivity contribution in [1.29, 1.82) is 0 Å². The number of carbonyl (C=O) groups is 2. The molecule has 0 aromatic heterocycles. The van der Waals surface area contributed by atoms with E-state index in [2.05, 4.69) is 10.6 Å². The van der Waals surface area contributed by atoms with Crippen molar-refractivity contribution in [2.45, 2.75) is 24.8 Å². The van der Waals surface area contributed by atoms with E-state index >= 15 is 0 Å². The van der Waals surface area contributed by atoms with Crippen LogP contribution in [-0.4, -0.2) is 22.6 Å². The van der Waals surface area contributed by atoms with Crippen LogP contribution in [0.25, 0.3) is 0 Å². The highest BCUT2D eigenvalue weighted by Crippen LogP contribution is 2.32. The van der Waals surface area contributed by atoms with E-state index < -0.39 is 29.2 Å². The predicted octanol–water partition coefficient (Wildman–Crippen LogP) is 2.09. The monoisotopic (exact) mass is 270 g/mol. The first-order valence-electron chi connectivity index (χ1n) is 5.70. The lowest BCUT2D eigenvalue weighted by molar-refractivity contribution is -0.148. The number of hydrogen-bond acceptors (Lipinski definition) is 2. The molecule has 5 nitrogen and oxygen atoms in total. The molecule has 19 heavy (non-hydrogen) atoms. The highest BCUT2D eigenvalue weighted by molar-refractivity contribution is 5.94. The Hall–Kier alpha value is -2.18. The summed E-state index contributed by atoms with van der Waals surface area (Å²) in [7, 11) is 0. The quantitative estimate of drug-likeness (QED) is 0.787. The summed E-state index contributed by atoms with van der Waals surface area (Å²) >= 11 is 0. The van der Waals surface area contributed by atoms with Crippen LogP contribution in [0.1, 0.15) is 19.3 Å². The summed E-state index contributed by atoms with van der Waals surface area (Å²) < 4.78 is 25.8. The SMILES string of the molecule is O=C(Nc1cc(F)cc(F)c1)NC1(C(=O)O)CCC1. The molecule has 1 aromatic carbocycles. The summed E-state index contributed by atoms with van der Waals surface area (Å²) in [6, 6.07) is 1.76. The van der Waals surface area contributed by atoms with Crippen LogP contribution in [0.4, 0.5) is 19.3 Å². The summed E-state index contributed by atoms with van der Waals surface area (Å²) in [5.74, 6) is -2.77. The minimum atomic E-state index is -1.27. The van der Waals surface area contributed by atoms with Gasteiger partial charge in [-0.15, -0.1) is 0 Å². The molecule has 1 saturated carbocycles. The Kier molecular flexibility index (Phi) is 3.37. The Morgan fingerprint density at radius 1 is 1.16 bits per heavy atom. The average Bonchev–Trinajstić information content (AvgIpc) is 2.21. The molecule has 0 atom stereocenters. The maximum atomic E-state index is 12.9. The van der Waals surface area contributed by atoms with E-state index in [1.807, 2.05) is 0 Å². The van der Waals surface area contributed by atoms with Crippen LogP contribution in [0.3, 0.4) is 0 Å². The van der Waals surface area contributed by atoms with Gasteiger partial charge in [-0.25, -0.2) is 18.4 Å². The largest absolute Gasteiger partial charge is 0.480 e. The number of carbonyl (C=O) groups excluding carboxylic acids is 1. The second-order valence-electron chi connectivity index (χ2n) is 4.48. The second kappa shape index (κ2) is 4.83. The van der Waals surface area contributed by atoms with Gasteiger partial charge in [0, 0.05) is 11.8 Å². The Morgan fingerprint density at radius 3 is 2.16 bits per heavy atom. The Morgan fingerprint density at radius 2 is 1.74 bits per heavy atom. The minimum absolute atomic E-state index is 0.0742. The number of halogens is 2. The van der Waals surface area contributed by atoms with Crippen molar-refractivity contribution >= 4 is 17.7 Å². The number of rotatable bonds is 3. The van der Waals surface area contributed by atoms with Crippen LogP contribution in [0, 0.1) is 11.6 Å². The summed E-state index contributed by atoms with van der Waals surface area (Å²) in [5.41, 5.74) is -1.34. The molecule has 3 N–H and O–H groups in total. The van der Waals surface area contributed by atoms with Gasteiger partial charge < -0.3 is 15.7 Å². The van der Waals surface area contributed by atoms with Crippen molar-refractivity contribution in [1.82, 2.24) is 5.32 Å². The van der Waals surface area contributed by atoms with Gasteiger partial charge >= 0.3 is 12.0 Å². The first-order valence-corrected chi connectivity index (χ1v) is 5.70. The first kappa shape index (κ1) is 13.3. The molecule has 0 aliphatic heterocycles. The van der Waals surface area contributed by atoms with Gasteiger partial charge in [-0.2, -0.15) is 0 Å². The lowest BCUT2D eigenvalue weighted by Gasteiger charge is -2.38. The fraction of sp³-hybridized carbons (Fsp3) is 0.333. The normalized spacial score (nSPS) is 16.3. The molecule has 0 unspecified atom stereocenters. The lowest BCUT2D eigenvalue weighted by Crippen LogP contribution is -2.60. The Labute approximate surface area is 107 Å². The molecule has 7 heteroatoms. The number of urea groups is 1. The van der Waals surface area contributed by atoms with Crippen molar-refractivity contribution in [2.24, 2.45) is 0 Å². The molecule has 0 saturated heterocycles. The molecule has 0 spiro atoms. The number of aliphatic carboxylic acids is 1. The zero-order valence-corrected chi connectivity index (χ0v) is 9.87. The number of carboxylic acid groups (broad SMARTS) is 1. The average molecular weight is 270 g/mol. The number of anilines is 1. The maximum absolute atomic E-state index is 12.9. The standard InChI is InChI=1S/C12H12F2N2O3/c13-7-4-8(14)6-9(5-7)15-11(19)16-12(10(17)18)2-1-3-12/h4-6H,1-3H2,(H,17,18)(H2,15,16,19). The van der Waals surface area contributed by atoms with Gasteiger partial charge in [-0.1, -0.05) is 0 Å². The molecular weight excluding hydrogens is 258 g/mol. The summed E-state index contributed by atoms with van der Waals surface area (Å²) in [4.78, 5) is 22.7.